The molecule has 3 nitrogen and oxygen atoms in total. The number of rotatable bonds is 5. The molecule has 0 aliphatic heterocycles. The molecule has 20 heavy (non-hydrogen) atoms. The molecule has 0 radical (unpaired) electrons. The van der Waals surface area contributed by atoms with Crippen LogP contribution >= 0.6 is 0 Å². The highest BCUT2D eigenvalue weighted by Gasteiger charge is 2.20. The Hall–Kier alpha value is -1.61. The largest absolute Gasteiger partial charge is 0.308 e. The zero-order chi connectivity index (χ0) is 13.4. The van der Waals surface area contributed by atoms with Gasteiger partial charge in [-0.05, 0) is 54.9 Å². The summed E-state index contributed by atoms with van der Waals surface area (Å²) >= 11 is 0. The van der Waals surface area contributed by atoms with Crippen molar-refractivity contribution >= 4 is 0 Å². The minimum atomic E-state index is 0.748. The lowest BCUT2D eigenvalue weighted by molar-refractivity contribution is 0.593. The van der Waals surface area contributed by atoms with Crippen LogP contribution in [0.15, 0.2) is 30.5 Å². The number of nitrogens with one attached hydrogen (secondary N) is 1. The third-order valence-electron chi connectivity index (χ3n) is 4.45. The van der Waals surface area contributed by atoms with Gasteiger partial charge in [-0.15, -0.1) is 0 Å². The molecular weight excluding hydrogens is 246 g/mol. The minimum Gasteiger partial charge on any atom is -0.308 e. The Balaban J connectivity index is 1.49. The van der Waals surface area contributed by atoms with Gasteiger partial charge in [0.2, 0.25) is 0 Å². The van der Waals surface area contributed by atoms with Crippen LogP contribution in [0.5, 0.6) is 0 Å². The highest BCUT2D eigenvalue weighted by molar-refractivity contribution is 5.35. The van der Waals surface area contributed by atoms with Gasteiger partial charge in [0.1, 0.15) is 0 Å². The van der Waals surface area contributed by atoms with E-state index < -0.39 is 0 Å². The van der Waals surface area contributed by atoms with E-state index in [-0.39, 0.29) is 0 Å². The molecule has 0 spiro atoms. The molecule has 2 aliphatic carbocycles. The van der Waals surface area contributed by atoms with Gasteiger partial charge >= 0.3 is 0 Å². The maximum absolute atomic E-state index is 4.48. The topological polar surface area (TPSA) is 29.9 Å². The van der Waals surface area contributed by atoms with Crippen molar-refractivity contribution in [1.82, 2.24) is 15.1 Å². The molecule has 0 atom stereocenters. The summed E-state index contributed by atoms with van der Waals surface area (Å²) in [7, 11) is 0. The molecule has 0 unspecified atom stereocenters. The molecule has 1 aromatic heterocycles. The number of benzene rings is 1. The first-order valence-corrected chi connectivity index (χ1v) is 7.73. The van der Waals surface area contributed by atoms with E-state index in [4.69, 9.17) is 0 Å². The lowest BCUT2D eigenvalue weighted by atomic mass is 10.1. The minimum absolute atomic E-state index is 0.748. The Bertz CT molecular complexity index is 610. The molecule has 4 rings (SSSR count). The summed E-state index contributed by atoms with van der Waals surface area (Å²) in [5.74, 6) is 0. The van der Waals surface area contributed by atoms with Crippen molar-refractivity contribution in [3.8, 4) is 0 Å². The Kier molecular flexibility index (Phi) is 3.07. The van der Waals surface area contributed by atoms with E-state index in [2.05, 4.69) is 39.4 Å². The van der Waals surface area contributed by atoms with Gasteiger partial charge in [0, 0.05) is 18.8 Å². The maximum Gasteiger partial charge on any atom is 0.0663 e. The molecule has 1 heterocycles. The zero-order valence-corrected chi connectivity index (χ0v) is 11.8. The lowest BCUT2D eigenvalue weighted by Gasteiger charge is -2.10. The van der Waals surface area contributed by atoms with E-state index >= 15 is 0 Å². The Labute approximate surface area is 120 Å². The SMILES string of the molecule is c1cc(CNC2CC2)n(Cc2ccc3c(c2)CCC3)n1. The molecular formula is C17H21N3. The molecule has 0 bridgehead atoms. The quantitative estimate of drug-likeness (QED) is 0.902. The van der Waals surface area contributed by atoms with Crippen LogP contribution in [0.1, 0.15) is 41.6 Å². The Morgan fingerprint density at radius 3 is 2.95 bits per heavy atom. The average molecular weight is 267 g/mol. The predicted molar refractivity (Wildman–Crippen MR) is 79.7 cm³/mol. The van der Waals surface area contributed by atoms with Gasteiger partial charge in [0.25, 0.3) is 0 Å². The summed E-state index contributed by atoms with van der Waals surface area (Å²) in [4.78, 5) is 0. The highest BCUT2D eigenvalue weighted by atomic mass is 15.3. The van der Waals surface area contributed by atoms with E-state index in [9.17, 15) is 0 Å². The molecule has 0 saturated heterocycles. The maximum atomic E-state index is 4.48. The molecule has 1 N–H and O–H groups in total. The number of hydrogen-bond donors (Lipinski definition) is 1. The second-order valence-corrected chi connectivity index (χ2v) is 6.09. The van der Waals surface area contributed by atoms with Gasteiger partial charge < -0.3 is 5.32 Å². The van der Waals surface area contributed by atoms with E-state index in [1.165, 1.54) is 43.4 Å². The van der Waals surface area contributed by atoms with E-state index in [0.29, 0.717) is 0 Å². The first kappa shape index (κ1) is 12.2. The zero-order valence-electron chi connectivity index (χ0n) is 11.8. The van der Waals surface area contributed by atoms with Crippen molar-refractivity contribution in [1.29, 1.82) is 0 Å². The lowest BCUT2D eigenvalue weighted by Crippen LogP contribution is -2.18. The number of aromatic nitrogens is 2. The summed E-state index contributed by atoms with van der Waals surface area (Å²) in [5, 5.41) is 8.05. The van der Waals surface area contributed by atoms with Crippen LogP contribution in [0.2, 0.25) is 0 Å². The highest BCUT2D eigenvalue weighted by Crippen LogP contribution is 2.23. The van der Waals surface area contributed by atoms with Crippen molar-refractivity contribution < 1.29 is 0 Å². The molecule has 0 amide bonds. The van der Waals surface area contributed by atoms with Gasteiger partial charge in [-0.1, -0.05) is 18.2 Å². The third kappa shape index (κ3) is 2.50. The first-order chi connectivity index (χ1) is 9.88. The predicted octanol–water partition coefficient (Wildman–Crippen LogP) is 2.67. The van der Waals surface area contributed by atoms with Crippen LogP contribution in [0.4, 0.5) is 0 Å². The molecule has 104 valence electrons. The molecule has 1 saturated carbocycles. The van der Waals surface area contributed by atoms with E-state index in [0.717, 1.165) is 19.1 Å². The number of aryl methyl sites for hydroxylation is 2. The van der Waals surface area contributed by atoms with Crippen molar-refractivity contribution in [2.75, 3.05) is 0 Å². The van der Waals surface area contributed by atoms with E-state index in [1.807, 2.05) is 6.20 Å². The summed E-state index contributed by atoms with van der Waals surface area (Å²) in [6.45, 7) is 1.83. The van der Waals surface area contributed by atoms with Crippen LogP contribution < -0.4 is 5.32 Å². The molecule has 2 aromatic rings. The van der Waals surface area contributed by atoms with Crippen molar-refractivity contribution in [2.45, 2.75) is 51.2 Å². The molecule has 1 aromatic carbocycles. The number of fused-ring (bicyclic) bond motifs is 1. The van der Waals surface area contributed by atoms with Crippen LogP contribution in [0.25, 0.3) is 0 Å². The van der Waals surface area contributed by atoms with Crippen LogP contribution in [-0.4, -0.2) is 15.8 Å². The fraction of sp³-hybridized carbons (Fsp3) is 0.471. The first-order valence-electron chi connectivity index (χ1n) is 7.73. The van der Waals surface area contributed by atoms with Crippen molar-refractivity contribution in [2.24, 2.45) is 0 Å². The second-order valence-electron chi connectivity index (χ2n) is 6.09. The smallest absolute Gasteiger partial charge is 0.0663 e. The van der Waals surface area contributed by atoms with Crippen LogP contribution in [0, 0.1) is 0 Å². The summed E-state index contributed by atoms with van der Waals surface area (Å²) < 4.78 is 2.13. The summed E-state index contributed by atoms with van der Waals surface area (Å²) in [6, 6.07) is 9.83. The number of hydrogen-bond acceptors (Lipinski definition) is 2. The fourth-order valence-corrected chi connectivity index (χ4v) is 3.09. The number of nitrogens with zero attached hydrogens (tertiary/aromatic N) is 2. The molecule has 2 aliphatic rings. The Morgan fingerprint density at radius 2 is 2.05 bits per heavy atom. The summed E-state index contributed by atoms with van der Waals surface area (Å²) in [6.07, 6.45) is 8.40. The average Bonchev–Trinajstić information content (AvgIpc) is 2.99. The Morgan fingerprint density at radius 1 is 1.15 bits per heavy atom. The van der Waals surface area contributed by atoms with E-state index in [1.54, 1.807) is 11.1 Å². The molecule has 1 fully saturated rings. The van der Waals surface area contributed by atoms with Gasteiger partial charge in [-0.25, -0.2) is 0 Å². The standard InChI is InChI=1S/C17H21N3/c1-2-14-5-4-13(10-15(14)3-1)12-20-17(8-9-19-20)11-18-16-6-7-16/h4-5,8-10,16,18H,1-3,6-7,11-12H2. The third-order valence-corrected chi connectivity index (χ3v) is 4.45. The van der Waals surface area contributed by atoms with Crippen molar-refractivity contribution in [3.05, 3.63) is 52.8 Å². The van der Waals surface area contributed by atoms with Gasteiger partial charge in [-0.2, -0.15) is 5.10 Å². The normalized spacial score (nSPS) is 17.4. The van der Waals surface area contributed by atoms with Crippen LogP contribution in [-0.2, 0) is 25.9 Å². The van der Waals surface area contributed by atoms with Gasteiger partial charge in [0.05, 0.1) is 12.2 Å². The summed E-state index contributed by atoms with van der Waals surface area (Å²) in [5.41, 5.74) is 5.76. The monoisotopic (exact) mass is 267 g/mol. The fourth-order valence-electron chi connectivity index (χ4n) is 3.09. The van der Waals surface area contributed by atoms with Gasteiger partial charge in [-0.3, -0.25) is 4.68 Å². The second kappa shape index (κ2) is 5.06. The molecule has 3 heteroatoms. The van der Waals surface area contributed by atoms with Gasteiger partial charge in [0.15, 0.2) is 0 Å². The van der Waals surface area contributed by atoms with Crippen molar-refractivity contribution in [3.63, 3.8) is 0 Å². The van der Waals surface area contributed by atoms with Crippen LogP contribution in [0.3, 0.4) is 0 Å².